The van der Waals surface area contributed by atoms with Crippen molar-refractivity contribution in [1.82, 2.24) is 9.97 Å². The van der Waals surface area contributed by atoms with Gasteiger partial charge in [0.15, 0.2) is 0 Å². The van der Waals surface area contributed by atoms with E-state index >= 15 is 0 Å². The molecule has 0 amide bonds. The first-order valence-corrected chi connectivity index (χ1v) is 4.08. The van der Waals surface area contributed by atoms with Gasteiger partial charge in [-0.2, -0.15) is 0 Å². The molecular weight excluding hydrogens is 195 g/mol. The van der Waals surface area contributed by atoms with Crippen molar-refractivity contribution in [3.05, 3.63) is 34.8 Å². The van der Waals surface area contributed by atoms with Crippen LogP contribution in [0.3, 0.4) is 0 Å². The third-order valence-electron chi connectivity index (χ3n) is 1.54. The highest BCUT2D eigenvalue weighted by Crippen LogP contribution is 2.18. The lowest BCUT2D eigenvalue weighted by Gasteiger charge is -1.96. The molecule has 0 radical (unpaired) electrons. The van der Waals surface area contributed by atoms with Gasteiger partial charge in [-0.3, -0.25) is 0 Å². The molecular formula is C8H4Cl2N2. The molecule has 2 aromatic rings. The Labute approximate surface area is 79.2 Å². The monoisotopic (exact) mass is 198 g/mol. The molecule has 0 aliphatic rings. The van der Waals surface area contributed by atoms with Crippen molar-refractivity contribution in [3.8, 4) is 0 Å². The third kappa shape index (κ3) is 1.36. The van der Waals surface area contributed by atoms with Crippen molar-refractivity contribution in [2.75, 3.05) is 0 Å². The summed E-state index contributed by atoms with van der Waals surface area (Å²) in [6.07, 6.45) is 3.34. The van der Waals surface area contributed by atoms with Gasteiger partial charge in [-0.05, 0) is 17.5 Å². The van der Waals surface area contributed by atoms with Crippen LogP contribution in [0.5, 0.6) is 0 Å². The molecule has 0 saturated carbocycles. The Morgan fingerprint density at radius 2 is 1.33 bits per heavy atom. The number of fused-ring (bicyclic) bond motifs is 1. The number of rotatable bonds is 0. The van der Waals surface area contributed by atoms with Crippen LogP contribution < -0.4 is 0 Å². The Bertz CT molecular complexity index is 392. The molecule has 12 heavy (non-hydrogen) atoms. The van der Waals surface area contributed by atoms with E-state index in [1.54, 1.807) is 24.5 Å². The number of aromatic nitrogens is 2. The summed E-state index contributed by atoms with van der Waals surface area (Å²) in [5.41, 5.74) is 0. The molecule has 0 aromatic carbocycles. The Kier molecular flexibility index (Phi) is 1.87. The van der Waals surface area contributed by atoms with Gasteiger partial charge in [0.05, 0.1) is 0 Å². The topological polar surface area (TPSA) is 25.8 Å². The van der Waals surface area contributed by atoms with Crippen LogP contribution in [0.2, 0.25) is 10.3 Å². The van der Waals surface area contributed by atoms with E-state index in [1.165, 1.54) is 0 Å². The summed E-state index contributed by atoms with van der Waals surface area (Å²) in [4.78, 5) is 7.84. The second kappa shape index (κ2) is 2.88. The molecule has 0 spiro atoms. The van der Waals surface area contributed by atoms with Gasteiger partial charge < -0.3 is 0 Å². The van der Waals surface area contributed by atoms with Crippen LogP contribution in [-0.4, -0.2) is 9.97 Å². The second-order valence-corrected chi connectivity index (χ2v) is 3.14. The fourth-order valence-corrected chi connectivity index (χ4v) is 1.32. The summed E-state index contributed by atoms with van der Waals surface area (Å²) < 4.78 is 0. The van der Waals surface area contributed by atoms with Crippen molar-refractivity contribution in [1.29, 1.82) is 0 Å². The zero-order chi connectivity index (χ0) is 8.55. The average molecular weight is 199 g/mol. The average Bonchev–Trinajstić information content (AvgIpc) is 2.03. The predicted octanol–water partition coefficient (Wildman–Crippen LogP) is 2.94. The van der Waals surface area contributed by atoms with Crippen LogP contribution in [0.1, 0.15) is 0 Å². The van der Waals surface area contributed by atoms with Crippen LogP contribution >= 0.6 is 23.2 Å². The molecule has 2 nitrogen and oxygen atoms in total. The molecule has 0 fully saturated rings. The Morgan fingerprint density at radius 1 is 0.833 bits per heavy atom. The van der Waals surface area contributed by atoms with E-state index in [1.807, 2.05) is 0 Å². The molecule has 0 bridgehead atoms. The smallest absolute Gasteiger partial charge is 0.129 e. The first-order valence-electron chi connectivity index (χ1n) is 3.32. The number of halogens is 2. The van der Waals surface area contributed by atoms with E-state index in [2.05, 4.69) is 9.97 Å². The Hall–Kier alpha value is -0.860. The van der Waals surface area contributed by atoms with E-state index < -0.39 is 0 Å². The standard InChI is InChI=1S/C8H4Cl2N2/c9-7-1-5-2-8(10)12-4-6(5)3-11-7/h1-4H. The maximum atomic E-state index is 5.70. The van der Waals surface area contributed by atoms with Crippen molar-refractivity contribution in [3.63, 3.8) is 0 Å². The molecule has 0 atom stereocenters. The minimum atomic E-state index is 0.463. The molecule has 2 rings (SSSR count). The minimum absolute atomic E-state index is 0.463. The Morgan fingerprint density at radius 3 is 1.83 bits per heavy atom. The van der Waals surface area contributed by atoms with Crippen molar-refractivity contribution >= 4 is 34.0 Å². The lowest BCUT2D eigenvalue weighted by molar-refractivity contribution is 1.32. The van der Waals surface area contributed by atoms with Gasteiger partial charge in [0.1, 0.15) is 10.3 Å². The van der Waals surface area contributed by atoms with Gasteiger partial charge in [-0.25, -0.2) is 9.97 Å². The van der Waals surface area contributed by atoms with Gasteiger partial charge in [-0.1, -0.05) is 23.2 Å². The highest BCUT2D eigenvalue weighted by Gasteiger charge is 1.96. The van der Waals surface area contributed by atoms with Gasteiger partial charge >= 0.3 is 0 Å². The lowest BCUT2D eigenvalue weighted by Crippen LogP contribution is -1.79. The summed E-state index contributed by atoms with van der Waals surface area (Å²) >= 11 is 11.4. The SMILES string of the molecule is Clc1cc2cc(Cl)ncc2cn1. The van der Waals surface area contributed by atoms with Gasteiger partial charge in [0.2, 0.25) is 0 Å². The molecule has 2 aromatic heterocycles. The van der Waals surface area contributed by atoms with Gasteiger partial charge in [0, 0.05) is 17.8 Å². The van der Waals surface area contributed by atoms with Crippen LogP contribution in [0.15, 0.2) is 24.5 Å². The van der Waals surface area contributed by atoms with Crippen molar-refractivity contribution in [2.45, 2.75) is 0 Å². The first kappa shape index (κ1) is 7.77. The molecule has 0 saturated heterocycles. The van der Waals surface area contributed by atoms with Crippen molar-refractivity contribution in [2.24, 2.45) is 0 Å². The van der Waals surface area contributed by atoms with E-state index in [4.69, 9.17) is 23.2 Å². The highest BCUT2D eigenvalue weighted by molar-refractivity contribution is 6.31. The Balaban J connectivity index is 2.80. The lowest BCUT2D eigenvalue weighted by atomic mass is 10.2. The maximum Gasteiger partial charge on any atom is 0.129 e. The summed E-state index contributed by atoms with van der Waals surface area (Å²) in [5, 5.41) is 2.81. The fourth-order valence-electron chi connectivity index (χ4n) is 0.984. The molecule has 0 N–H and O–H groups in total. The van der Waals surface area contributed by atoms with E-state index in [9.17, 15) is 0 Å². The van der Waals surface area contributed by atoms with Crippen molar-refractivity contribution < 1.29 is 0 Å². The quantitative estimate of drug-likeness (QED) is 0.609. The third-order valence-corrected chi connectivity index (χ3v) is 1.95. The van der Waals surface area contributed by atoms with Gasteiger partial charge in [-0.15, -0.1) is 0 Å². The highest BCUT2D eigenvalue weighted by atomic mass is 35.5. The predicted molar refractivity (Wildman–Crippen MR) is 49.6 cm³/mol. The zero-order valence-electron chi connectivity index (χ0n) is 5.96. The zero-order valence-corrected chi connectivity index (χ0v) is 7.47. The van der Waals surface area contributed by atoms with Gasteiger partial charge in [0.25, 0.3) is 0 Å². The first-order chi connectivity index (χ1) is 5.75. The second-order valence-electron chi connectivity index (χ2n) is 2.36. The molecule has 4 heteroatoms. The number of hydrogen-bond acceptors (Lipinski definition) is 2. The molecule has 0 unspecified atom stereocenters. The molecule has 0 aliphatic carbocycles. The van der Waals surface area contributed by atoms with Crippen LogP contribution in [0.4, 0.5) is 0 Å². The van der Waals surface area contributed by atoms with Crippen LogP contribution in [0.25, 0.3) is 10.8 Å². The summed E-state index contributed by atoms with van der Waals surface area (Å²) in [7, 11) is 0. The maximum absolute atomic E-state index is 5.70. The van der Waals surface area contributed by atoms with E-state index in [0.29, 0.717) is 10.3 Å². The van der Waals surface area contributed by atoms with E-state index in [-0.39, 0.29) is 0 Å². The molecule has 0 aliphatic heterocycles. The summed E-state index contributed by atoms with van der Waals surface area (Å²) in [5.74, 6) is 0. The molecule has 60 valence electrons. The number of hydrogen-bond donors (Lipinski definition) is 0. The minimum Gasteiger partial charge on any atom is -0.244 e. The normalized spacial score (nSPS) is 10.5. The largest absolute Gasteiger partial charge is 0.244 e. The number of nitrogens with zero attached hydrogens (tertiary/aromatic N) is 2. The van der Waals surface area contributed by atoms with Crippen LogP contribution in [0, 0.1) is 0 Å². The summed E-state index contributed by atoms with van der Waals surface area (Å²) in [6, 6.07) is 3.51. The fraction of sp³-hybridized carbons (Fsp3) is 0. The number of pyridine rings is 2. The van der Waals surface area contributed by atoms with Crippen LogP contribution in [-0.2, 0) is 0 Å². The van der Waals surface area contributed by atoms with E-state index in [0.717, 1.165) is 10.8 Å². The molecule has 2 heterocycles. The summed E-state index contributed by atoms with van der Waals surface area (Å²) in [6.45, 7) is 0.